The van der Waals surface area contributed by atoms with Crippen LogP contribution in [0.2, 0.25) is 0 Å². The summed E-state index contributed by atoms with van der Waals surface area (Å²) in [7, 11) is 0. The van der Waals surface area contributed by atoms with Crippen LogP contribution in [-0.2, 0) is 4.79 Å². The predicted molar refractivity (Wildman–Crippen MR) is 41.8 cm³/mol. The normalized spacial score (nSPS) is 24.1. The van der Waals surface area contributed by atoms with Crippen LogP contribution in [0.25, 0.3) is 0 Å². The molecule has 56 valence electrons. The second kappa shape index (κ2) is 3.55. The Morgan fingerprint density at radius 3 is 3.00 bits per heavy atom. The summed E-state index contributed by atoms with van der Waals surface area (Å²) in [5, 5.41) is 0. The maximum Gasteiger partial charge on any atom is 0.155 e. The molecule has 1 aliphatic rings. The van der Waals surface area contributed by atoms with Gasteiger partial charge in [-0.15, -0.1) is 0 Å². The number of hydrogen-bond donors (Lipinski definition) is 0. The second-order valence-corrected chi connectivity index (χ2v) is 2.93. The third kappa shape index (κ3) is 1.98. The van der Waals surface area contributed by atoms with E-state index < -0.39 is 0 Å². The molecule has 1 rings (SSSR count). The van der Waals surface area contributed by atoms with Crippen molar-refractivity contribution >= 4 is 5.78 Å². The summed E-state index contributed by atoms with van der Waals surface area (Å²) in [6, 6.07) is 0. The third-order valence-electron chi connectivity index (χ3n) is 1.95. The summed E-state index contributed by atoms with van der Waals surface area (Å²) < 4.78 is 0. The topological polar surface area (TPSA) is 17.1 Å². The molecule has 0 heterocycles. The molecular formula is C9H14O. The molecule has 0 amide bonds. The van der Waals surface area contributed by atoms with E-state index in [4.69, 9.17) is 0 Å². The van der Waals surface area contributed by atoms with Gasteiger partial charge in [0.05, 0.1) is 0 Å². The molecular weight excluding hydrogens is 124 g/mol. The summed E-state index contributed by atoms with van der Waals surface area (Å²) in [4.78, 5) is 10.7. The fraction of sp³-hybridized carbons (Fsp3) is 0.667. The molecule has 0 aromatic heterocycles. The zero-order valence-corrected chi connectivity index (χ0v) is 6.47. The van der Waals surface area contributed by atoms with Crippen molar-refractivity contribution in [1.82, 2.24) is 0 Å². The zero-order valence-electron chi connectivity index (χ0n) is 6.47. The van der Waals surface area contributed by atoms with Crippen molar-refractivity contribution in [3.8, 4) is 0 Å². The van der Waals surface area contributed by atoms with E-state index in [1.807, 2.05) is 0 Å². The molecule has 0 bridgehead atoms. The number of carbonyl (C=O) groups excluding carboxylic acids is 1. The largest absolute Gasteiger partial charge is 0.295 e. The first-order valence-corrected chi connectivity index (χ1v) is 4.04. The molecule has 0 aromatic carbocycles. The van der Waals surface area contributed by atoms with Crippen molar-refractivity contribution in [2.45, 2.75) is 32.6 Å². The van der Waals surface area contributed by atoms with Gasteiger partial charge in [0, 0.05) is 6.42 Å². The Balaban J connectivity index is 2.20. The molecule has 0 aliphatic heterocycles. The van der Waals surface area contributed by atoms with Crippen LogP contribution in [0.3, 0.4) is 0 Å². The second-order valence-electron chi connectivity index (χ2n) is 2.93. The molecule has 1 nitrogen and oxygen atoms in total. The first-order valence-electron chi connectivity index (χ1n) is 4.04. The number of ketones is 1. The Hall–Kier alpha value is -0.590. The maximum atomic E-state index is 10.7. The van der Waals surface area contributed by atoms with Gasteiger partial charge in [0.1, 0.15) is 0 Å². The quantitative estimate of drug-likeness (QED) is 0.585. The lowest BCUT2D eigenvalue weighted by Crippen LogP contribution is -1.95. The summed E-state index contributed by atoms with van der Waals surface area (Å²) in [6.07, 6.45) is 8.22. The van der Waals surface area contributed by atoms with Crippen molar-refractivity contribution in [3.63, 3.8) is 0 Å². The highest BCUT2D eigenvalue weighted by Crippen LogP contribution is 2.19. The molecule has 1 atom stereocenters. The smallest absolute Gasteiger partial charge is 0.155 e. The third-order valence-corrected chi connectivity index (χ3v) is 1.95. The van der Waals surface area contributed by atoms with E-state index in [9.17, 15) is 4.79 Å². The summed E-state index contributed by atoms with van der Waals surface area (Å²) in [6.45, 7) is 2.18. The number of rotatable bonds is 3. The molecule has 10 heavy (non-hydrogen) atoms. The average Bonchev–Trinajstić information content (AvgIpc) is 2.31. The van der Waals surface area contributed by atoms with E-state index in [2.05, 4.69) is 13.0 Å². The molecule has 0 fully saturated rings. The molecule has 0 spiro atoms. The Morgan fingerprint density at radius 1 is 1.70 bits per heavy atom. The SMILES string of the molecule is CCCC[C@H]1C=CC(=O)C1. The lowest BCUT2D eigenvalue weighted by atomic mass is 10.0. The van der Waals surface area contributed by atoms with E-state index in [0.29, 0.717) is 11.7 Å². The van der Waals surface area contributed by atoms with Gasteiger partial charge in [-0.3, -0.25) is 4.79 Å². The lowest BCUT2D eigenvalue weighted by Gasteiger charge is -2.02. The lowest BCUT2D eigenvalue weighted by molar-refractivity contribution is -0.114. The molecule has 0 saturated carbocycles. The van der Waals surface area contributed by atoms with Crippen LogP contribution in [0.4, 0.5) is 0 Å². The van der Waals surface area contributed by atoms with Crippen LogP contribution >= 0.6 is 0 Å². The van der Waals surface area contributed by atoms with E-state index in [1.165, 1.54) is 19.3 Å². The van der Waals surface area contributed by atoms with E-state index in [0.717, 1.165) is 6.42 Å². The van der Waals surface area contributed by atoms with Crippen molar-refractivity contribution < 1.29 is 4.79 Å². The number of allylic oxidation sites excluding steroid dienone is 2. The first-order chi connectivity index (χ1) is 4.83. The maximum absolute atomic E-state index is 10.7. The van der Waals surface area contributed by atoms with Gasteiger partial charge in [-0.2, -0.15) is 0 Å². The number of carbonyl (C=O) groups is 1. The molecule has 0 saturated heterocycles. The Morgan fingerprint density at radius 2 is 2.50 bits per heavy atom. The fourth-order valence-electron chi connectivity index (χ4n) is 1.30. The van der Waals surface area contributed by atoms with Crippen LogP contribution < -0.4 is 0 Å². The van der Waals surface area contributed by atoms with E-state index in [1.54, 1.807) is 6.08 Å². The molecule has 1 heteroatoms. The van der Waals surface area contributed by atoms with Gasteiger partial charge in [0.15, 0.2) is 5.78 Å². The van der Waals surface area contributed by atoms with Crippen LogP contribution in [0.5, 0.6) is 0 Å². The Labute approximate surface area is 62.1 Å². The van der Waals surface area contributed by atoms with Gasteiger partial charge >= 0.3 is 0 Å². The summed E-state index contributed by atoms with van der Waals surface area (Å²) in [5.41, 5.74) is 0. The number of hydrogen-bond acceptors (Lipinski definition) is 1. The summed E-state index contributed by atoms with van der Waals surface area (Å²) >= 11 is 0. The highest BCUT2D eigenvalue weighted by atomic mass is 16.1. The van der Waals surface area contributed by atoms with Crippen LogP contribution in [0, 0.1) is 5.92 Å². The van der Waals surface area contributed by atoms with Crippen molar-refractivity contribution in [1.29, 1.82) is 0 Å². The Kier molecular flexibility index (Phi) is 2.67. The molecule has 0 radical (unpaired) electrons. The van der Waals surface area contributed by atoms with Crippen LogP contribution in [0.1, 0.15) is 32.6 Å². The molecule has 0 aromatic rings. The monoisotopic (exact) mass is 138 g/mol. The minimum Gasteiger partial charge on any atom is -0.295 e. The van der Waals surface area contributed by atoms with Crippen molar-refractivity contribution in [3.05, 3.63) is 12.2 Å². The van der Waals surface area contributed by atoms with Crippen LogP contribution in [-0.4, -0.2) is 5.78 Å². The fourth-order valence-corrected chi connectivity index (χ4v) is 1.30. The summed E-state index contributed by atoms with van der Waals surface area (Å²) in [5.74, 6) is 0.869. The van der Waals surface area contributed by atoms with Gasteiger partial charge in [-0.25, -0.2) is 0 Å². The zero-order chi connectivity index (χ0) is 7.40. The van der Waals surface area contributed by atoms with Crippen molar-refractivity contribution in [2.24, 2.45) is 5.92 Å². The molecule has 1 aliphatic carbocycles. The standard InChI is InChI=1S/C9H14O/c1-2-3-4-8-5-6-9(10)7-8/h5-6,8H,2-4,7H2,1H3/t8-/m0/s1. The first kappa shape index (κ1) is 7.52. The molecule has 0 unspecified atom stereocenters. The van der Waals surface area contributed by atoms with E-state index >= 15 is 0 Å². The average molecular weight is 138 g/mol. The van der Waals surface area contributed by atoms with Gasteiger partial charge in [0.25, 0.3) is 0 Å². The highest BCUT2D eigenvalue weighted by molar-refractivity contribution is 5.92. The minimum absolute atomic E-state index is 0.307. The van der Waals surface area contributed by atoms with Gasteiger partial charge < -0.3 is 0 Å². The predicted octanol–water partition coefficient (Wildman–Crippen LogP) is 2.32. The minimum atomic E-state index is 0.307. The van der Waals surface area contributed by atoms with Gasteiger partial charge in [-0.1, -0.05) is 25.8 Å². The van der Waals surface area contributed by atoms with Gasteiger partial charge in [0.2, 0.25) is 0 Å². The van der Waals surface area contributed by atoms with E-state index in [-0.39, 0.29) is 0 Å². The Bertz CT molecular complexity index is 147. The highest BCUT2D eigenvalue weighted by Gasteiger charge is 2.14. The van der Waals surface area contributed by atoms with Crippen molar-refractivity contribution in [2.75, 3.05) is 0 Å². The molecule has 0 N–H and O–H groups in total. The van der Waals surface area contributed by atoms with Gasteiger partial charge in [-0.05, 0) is 18.4 Å². The number of unbranched alkanes of at least 4 members (excludes halogenated alkanes) is 1. The van der Waals surface area contributed by atoms with Crippen LogP contribution in [0.15, 0.2) is 12.2 Å².